The van der Waals surface area contributed by atoms with Crippen molar-refractivity contribution in [2.45, 2.75) is 38.6 Å². The van der Waals surface area contributed by atoms with Crippen molar-refractivity contribution in [3.8, 4) is 22.4 Å². The Morgan fingerprint density at radius 1 is 1.19 bits per heavy atom. The van der Waals surface area contributed by atoms with E-state index in [-0.39, 0.29) is 11.4 Å². The van der Waals surface area contributed by atoms with Crippen LogP contribution in [0.15, 0.2) is 47.3 Å². The van der Waals surface area contributed by atoms with E-state index in [1.54, 1.807) is 17.5 Å². The van der Waals surface area contributed by atoms with Crippen molar-refractivity contribution in [3.63, 3.8) is 0 Å². The maximum Gasteiger partial charge on any atom is 0.221 e. The molecule has 2 aromatic heterocycles. The van der Waals surface area contributed by atoms with Crippen LogP contribution in [-0.4, -0.2) is 10.9 Å². The number of anilines is 1. The van der Waals surface area contributed by atoms with E-state index in [1.165, 1.54) is 24.5 Å². The fraction of sp³-hybridized carbons (Fsp3) is 0.273. The quantitative estimate of drug-likeness (QED) is 0.666. The zero-order valence-electron chi connectivity index (χ0n) is 15.6. The second kappa shape index (κ2) is 6.91. The van der Waals surface area contributed by atoms with E-state index >= 15 is 0 Å². The van der Waals surface area contributed by atoms with Gasteiger partial charge in [0.2, 0.25) is 5.91 Å². The lowest BCUT2D eigenvalue weighted by Crippen LogP contribution is -2.43. The molecule has 5 heteroatoms. The molecule has 0 saturated heterocycles. The number of nitrogens with zero attached hydrogens (tertiary/aromatic N) is 1. The van der Waals surface area contributed by atoms with Gasteiger partial charge in [-0.2, -0.15) is 11.3 Å². The van der Waals surface area contributed by atoms with Crippen LogP contribution in [0, 0.1) is 6.92 Å². The van der Waals surface area contributed by atoms with E-state index in [0.29, 0.717) is 5.69 Å². The molecule has 0 aliphatic heterocycles. The molecule has 1 saturated carbocycles. The molecule has 3 aromatic rings. The van der Waals surface area contributed by atoms with Crippen LogP contribution in [0.5, 0.6) is 0 Å². The lowest BCUT2D eigenvalue weighted by atomic mass is 9.72. The summed E-state index contributed by atoms with van der Waals surface area (Å²) >= 11 is 1.67. The Labute approximate surface area is 163 Å². The van der Waals surface area contributed by atoms with Gasteiger partial charge in [-0.25, -0.2) is 0 Å². The molecule has 1 aromatic carbocycles. The maximum absolute atomic E-state index is 11.4. The second-order valence-corrected chi connectivity index (χ2v) is 8.10. The van der Waals surface area contributed by atoms with Crippen molar-refractivity contribution in [2.24, 2.45) is 5.73 Å². The van der Waals surface area contributed by atoms with Gasteiger partial charge in [-0.3, -0.25) is 9.78 Å². The number of rotatable bonds is 4. The number of hydrogen-bond acceptors (Lipinski definition) is 4. The van der Waals surface area contributed by atoms with Gasteiger partial charge >= 0.3 is 0 Å². The lowest BCUT2D eigenvalue weighted by molar-refractivity contribution is -0.114. The maximum atomic E-state index is 11.4. The molecule has 1 fully saturated rings. The molecule has 1 aliphatic carbocycles. The van der Waals surface area contributed by atoms with Crippen LogP contribution >= 0.6 is 11.3 Å². The Morgan fingerprint density at radius 3 is 2.48 bits per heavy atom. The molecule has 0 unspecified atom stereocenters. The van der Waals surface area contributed by atoms with Crippen LogP contribution in [0.4, 0.5) is 5.69 Å². The van der Waals surface area contributed by atoms with Crippen molar-refractivity contribution in [2.75, 3.05) is 5.32 Å². The van der Waals surface area contributed by atoms with Crippen molar-refractivity contribution >= 4 is 22.9 Å². The van der Waals surface area contributed by atoms with Gasteiger partial charge in [0.25, 0.3) is 0 Å². The van der Waals surface area contributed by atoms with Crippen molar-refractivity contribution in [1.29, 1.82) is 0 Å². The predicted octanol–water partition coefficient (Wildman–Crippen LogP) is 5.08. The molecule has 4 rings (SSSR count). The van der Waals surface area contributed by atoms with Gasteiger partial charge in [0.15, 0.2) is 0 Å². The smallest absolute Gasteiger partial charge is 0.221 e. The highest BCUT2D eigenvalue weighted by Gasteiger charge is 2.34. The number of nitrogens with one attached hydrogen (secondary N) is 1. The number of benzene rings is 1. The standard InChI is InChI=1S/C22H23N3OS/c1-14-12-27-13-20(14)19-10-18(25-15(2)26)11-24-21(19)16-4-6-17(7-5-16)22(23)8-3-9-22/h4-7,10-13H,3,8-9,23H2,1-2H3,(H,25,26). The third kappa shape index (κ3) is 3.40. The normalized spacial score (nSPS) is 15.2. The molecule has 3 N–H and O–H groups in total. The minimum atomic E-state index is -0.159. The van der Waals surface area contributed by atoms with Gasteiger partial charge in [-0.1, -0.05) is 24.3 Å². The molecule has 1 amide bonds. The van der Waals surface area contributed by atoms with Crippen LogP contribution < -0.4 is 11.1 Å². The van der Waals surface area contributed by atoms with E-state index in [1.807, 2.05) is 6.07 Å². The van der Waals surface area contributed by atoms with E-state index < -0.39 is 0 Å². The molecule has 1 aliphatic rings. The molecule has 138 valence electrons. The summed E-state index contributed by atoms with van der Waals surface area (Å²) in [4.78, 5) is 16.1. The van der Waals surface area contributed by atoms with E-state index in [2.05, 4.69) is 52.3 Å². The molecule has 2 heterocycles. The van der Waals surface area contributed by atoms with Crippen LogP contribution in [0.1, 0.15) is 37.3 Å². The number of nitrogens with two attached hydrogens (primary N) is 1. The Morgan fingerprint density at radius 2 is 1.93 bits per heavy atom. The molecule has 0 spiro atoms. The number of carbonyl (C=O) groups excluding carboxylic acids is 1. The monoisotopic (exact) mass is 377 g/mol. The van der Waals surface area contributed by atoms with Gasteiger partial charge in [0.1, 0.15) is 0 Å². The van der Waals surface area contributed by atoms with Gasteiger partial charge in [0.05, 0.1) is 17.6 Å². The van der Waals surface area contributed by atoms with Gasteiger partial charge in [0, 0.05) is 23.6 Å². The van der Waals surface area contributed by atoms with Crippen molar-refractivity contribution in [3.05, 3.63) is 58.4 Å². The molecule has 4 nitrogen and oxygen atoms in total. The summed E-state index contributed by atoms with van der Waals surface area (Å²) in [5, 5.41) is 7.09. The first-order chi connectivity index (χ1) is 13.0. The summed E-state index contributed by atoms with van der Waals surface area (Å²) in [6.45, 7) is 3.60. The largest absolute Gasteiger partial charge is 0.325 e. The highest BCUT2D eigenvalue weighted by atomic mass is 32.1. The number of thiophene rings is 1. The minimum Gasteiger partial charge on any atom is -0.325 e. The Kier molecular flexibility index (Phi) is 4.58. The van der Waals surface area contributed by atoms with Crippen molar-refractivity contribution in [1.82, 2.24) is 4.98 Å². The Bertz CT molecular complexity index is 987. The Hall–Kier alpha value is -2.50. The third-order valence-corrected chi connectivity index (χ3v) is 6.19. The topological polar surface area (TPSA) is 68.0 Å². The fourth-order valence-corrected chi connectivity index (χ4v) is 4.46. The number of hydrogen-bond donors (Lipinski definition) is 2. The first kappa shape index (κ1) is 17.9. The first-order valence-electron chi connectivity index (χ1n) is 9.17. The minimum absolute atomic E-state index is 0.101. The summed E-state index contributed by atoms with van der Waals surface area (Å²) in [6, 6.07) is 10.5. The summed E-state index contributed by atoms with van der Waals surface area (Å²) in [5.41, 5.74) is 13.5. The molecular weight excluding hydrogens is 354 g/mol. The van der Waals surface area contributed by atoms with Crippen LogP contribution in [-0.2, 0) is 10.3 Å². The average Bonchev–Trinajstić information content (AvgIpc) is 3.05. The van der Waals surface area contributed by atoms with Crippen LogP contribution in [0.3, 0.4) is 0 Å². The van der Waals surface area contributed by atoms with Gasteiger partial charge < -0.3 is 11.1 Å². The highest BCUT2D eigenvalue weighted by Crippen LogP contribution is 2.40. The van der Waals surface area contributed by atoms with Crippen LogP contribution in [0.25, 0.3) is 22.4 Å². The molecule has 0 radical (unpaired) electrons. The Balaban J connectivity index is 1.77. The molecular formula is C22H23N3OS. The number of carbonyl (C=O) groups is 1. The molecule has 27 heavy (non-hydrogen) atoms. The number of aryl methyl sites for hydroxylation is 1. The van der Waals surface area contributed by atoms with Gasteiger partial charge in [-0.05, 0) is 59.7 Å². The highest BCUT2D eigenvalue weighted by molar-refractivity contribution is 7.08. The SMILES string of the molecule is CC(=O)Nc1cnc(-c2ccc(C3(N)CCC3)cc2)c(-c2cscc2C)c1. The lowest BCUT2D eigenvalue weighted by Gasteiger charge is -2.38. The number of pyridine rings is 1. The van der Waals surface area contributed by atoms with Crippen molar-refractivity contribution < 1.29 is 4.79 Å². The van der Waals surface area contributed by atoms with E-state index in [9.17, 15) is 4.79 Å². The number of amides is 1. The average molecular weight is 378 g/mol. The zero-order chi connectivity index (χ0) is 19.0. The predicted molar refractivity (Wildman–Crippen MR) is 112 cm³/mol. The van der Waals surface area contributed by atoms with E-state index in [0.717, 1.165) is 35.2 Å². The van der Waals surface area contributed by atoms with Gasteiger partial charge in [-0.15, -0.1) is 0 Å². The molecule has 0 bridgehead atoms. The zero-order valence-corrected chi connectivity index (χ0v) is 16.4. The summed E-state index contributed by atoms with van der Waals surface area (Å²) in [7, 11) is 0. The van der Waals surface area contributed by atoms with Crippen LogP contribution in [0.2, 0.25) is 0 Å². The summed E-state index contributed by atoms with van der Waals surface area (Å²) < 4.78 is 0. The molecule has 0 atom stereocenters. The second-order valence-electron chi connectivity index (χ2n) is 7.36. The third-order valence-electron chi connectivity index (χ3n) is 5.33. The fourth-order valence-electron chi connectivity index (χ4n) is 3.61. The number of aromatic nitrogens is 1. The first-order valence-corrected chi connectivity index (χ1v) is 10.1. The summed E-state index contributed by atoms with van der Waals surface area (Å²) in [6.07, 6.45) is 5.02. The van der Waals surface area contributed by atoms with E-state index in [4.69, 9.17) is 5.73 Å². The summed E-state index contributed by atoms with van der Waals surface area (Å²) in [5.74, 6) is -0.101.